The van der Waals surface area contributed by atoms with Crippen LogP contribution in [0, 0.1) is 17.7 Å². The normalized spacial score (nSPS) is 22.8. The van der Waals surface area contributed by atoms with E-state index in [1.807, 2.05) is 7.05 Å². The third-order valence-electron chi connectivity index (χ3n) is 3.13. The lowest BCUT2D eigenvalue weighted by molar-refractivity contribution is 0.105. The van der Waals surface area contributed by atoms with Crippen molar-refractivity contribution in [3.05, 3.63) is 34.1 Å². The maximum absolute atomic E-state index is 13.4. The summed E-state index contributed by atoms with van der Waals surface area (Å²) in [7, 11) is 1.97. The average Bonchev–Trinajstić information content (AvgIpc) is 3.02. The molecule has 0 radical (unpaired) electrons. The number of hydrogen-bond donors (Lipinski definition) is 1. The number of rotatable bonds is 6. The zero-order valence-corrected chi connectivity index (χ0v) is 11.5. The van der Waals surface area contributed by atoms with Gasteiger partial charge in [0.2, 0.25) is 0 Å². The Morgan fingerprint density at radius 3 is 3.06 bits per heavy atom. The van der Waals surface area contributed by atoms with Crippen molar-refractivity contribution in [2.75, 3.05) is 20.2 Å². The van der Waals surface area contributed by atoms with Crippen LogP contribution in [0.2, 0.25) is 0 Å². The van der Waals surface area contributed by atoms with E-state index in [4.69, 9.17) is 4.74 Å². The molecule has 2 unspecified atom stereocenters. The molecule has 4 heteroatoms. The van der Waals surface area contributed by atoms with Crippen molar-refractivity contribution < 1.29 is 9.13 Å². The minimum atomic E-state index is -0.198. The molecule has 0 heterocycles. The molecular weight excluding hydrogens is 285 g/mol. The Bertz CT molecular complexity index is 386. The van der Waals surface area contributed by atoms with E-state index in [-0.39, 0.29) is 5.82 Å². The minimum Gasteiger partial charge on any atom is -0.376 e. The van der Waals surface area contributed by atoms with Crippen LogP contribution in [0.15, 0.2) is 22.7 Å². The molecule has 1 aromatic carbocycles. The van der Waals surface area contributed by atoms with Gasteiger partial charge in [-0.3, -0.25) is 0 Å². The Balaban J connectivity index is 1.73. The van der Waals surface area contributed by atoms with Crippen molar-refractivity contribution >= 4 is 15.9 Å². The van der Waals surface area contributed by atoms with E-state index in [1.165, 1.54) is 12.5 Å². The lowest BCUT2D eigenvalue weighted by Crippen LogP contribution is -2.11. The van der Waals surface area contributed by atoms with Crippen molar-refractivity contribution in [1.82, 2.24) is 5.32 Å². The molecule has 2 nitrogen and oxygen atoms in total. The highest BCUT2D eigenvalue weighted by atomic mass is 79.9. The van der Waals surface area contributed by atoms with Crippen molar-refractivity contribution in [2.24, 2.45) is 11.8 Å². The molecular formula is C13H17BrFNO. The Morgan fingerprint density at radius 1 is 1.47 bits per heavy atom. The van der Waals surface area contributed by atoms with Gasteiger partial charge < -0.3 is 10.1 Å². The molecule has 1 N–H and O–H groups in total. The largest absolute Gasteiger partial charge is 0.376 e. The fourth-order valence-corrected chi connectivity index (χ4v) is 2.41. The van der Waals surface area contributed by atoms with Gasteiger partial charge in [0.25, 0.3) is 0 Å². The quantitative estimate of drug-likeness (QED) is 0.872. The average molecular weight is 302 g/mol. The van der Waals surface area contributed by atoms with Gasteiger partial charge in [0.1, 0.15) is 5.82 Å². The third-order valence-corrected chi connectivity index (χ3v) is 3.63. The van der Waals surface area contributed by atoms with Crippen LogP contribution in [-0.4, -0.2) is 20.2 Å². The summed E-state index contributed by atoms with van der Waals surface area (Å²) in [6.45, 7) is 2.14. The number of hydrogen-bond acceptors (Lipinski definition) is 2. The zero-order valence-electron chi connectivity index (χ0n) is 9.88. The van der Waals surface area contributed by atoms with E-state index in [9.17, 15) is 4.39 Å². The molecule has 1 aliphatic rings. The minimum absolute atomic E-state index is 0.198. The van der Waals surface area contributed by atoms with Crippen LogP contribution < -0.4 is 5.32 Å². The van der Waals surface area contributed by atoms with E-state index in [1.54, 1.807) is 12.1 Å². The fraction of sp³-hybridized carbons (Fsp3) is 0.538. The zero-order chi connectivity index (χ0) is 12.3. The Kier molecular flexibility index (Phi) is 4.54. The van der Waals surface area contributed by atoms with Crippen LogP contribution in [0.25, 0.3) is 0 Å². The predicted octanol–water partition coefficient (Wildman–Crippen LogP) is 2.96. The standard InChI is InChI=1S/C13H17BrFNO/c1-16-6-9-4-10(9)7-17-8-11-5-12(14)2-3-13(11)15/h2-3,5,9-10,16H,4,6-8H2,1H3. The molecule has 0 aromatic heterocycles. The van der Waals surface area contributed by atoms with Crippen molar-refractivity contribution in [2.45, 2.75) is 13.0 Å². The summed E-state index contributed by atoms with van der Waals surface area (Å²) in [6, 6.07) is 4.93. The Morgan fingerprint density at radius 2 is 2.29 bits per heavy atom. The van der Waals surface area contributed by atoms with Crippen LogP contribution in [0.1, 0.15) is 12.0 Å². The molecule has 2 atom stereocenters. The lowest BCUT2D eigenvalue weighted by atomic mass is 10.2. The van der Waals surface area contributed by atoms with Crippen molar-refractivity contribution in [3.63, 3.8) is 0 Å². The third kappa shape index (κ3) is 3.76. The van der Waals surface area contributed by atoms with Crippen LogP contribution in [0.4, 0.5) is 4.39 Å². The van der Waals surface area contributed by atoms with Gasteiger partial charge in [-0.25, -0.2) is 4.39 Å². The van der Waals surface area contributed by atoms with Gasteiger partial charge in [0.05, 0.1) is 13.2 Å². The van der Waals surface area contributed by atoms with E-state index >= 15 is 0 Å². The van der Waals surface area contributed by atoms with Crippen molar-refractivity contribution in [3.8, 4) is 0 Å². The van der Waals surface area contributed by atoms with Gasteiger partial charge in [0.15, 0.2) is 0 Å². The molecule has 1 fully saturated rings. The molecule has 0 aliphatic heterocycles. The van der Waals surface area contributed by atoms with Crippen LogP contribution in [0.5, 0.6) is 0 Å². The van der Waals surface area contributed by atoms with Gasteiger partial charge in [-0.2, -0.15) is 0 Å². The maximum Gasteiger partial charge on any atom is 0.128 e. The van der Waals surface area contributed by atoms with Crippen molar-refractivity contribution in [1.29, 1.82) is 0 Å². The van der Waals surface area contributed by atoms with Crippen LogP contribution >= 0.6 is 15.9 Å². The number of nitrogens with one attached hydrogen (secondary N) is 1. The summed E-state index contributed by atoms with van der Waals surface area (Å²) in [4.78, 5) is 0. The first-order chi connectivity index (χ1) is 8.20. The van der Waals surface area contributed by atoms with Crippen LogP contribution in [-0.2, 0) is 11.3 Å². The number of halogens is 2. The molecule has 17 heavy (non-hydrogen) atoms. The monoisotopic (exact) mass is 301 g/mol. The predicted molar refractivity (Wildman–Crippen MR) is 69.3 cm³/mol. The Labute approximate surface area is 110 Å². The van der Waals surface area contributed by atoms with Gasteiger partial charge in [-0.05, 0) is 50.0 Å². The molecule has 0 amide bonds. The highest BCUT2D eigenvalue weighted by Gasteiger charge is 2.36. The van der Waals surface area contributed by atoms with Gasteiger partial charge in [0, 0.05) is 10.0 Å². The summed E-state index contributed by atoms with van der Waals surface area (Å²) in [5, 5.41) is 3.16. The molecule has 2 rings (SSSR count). The molecule has 1 aromatic rings. The first kappa shape index (κ1) is 13.0. The molecule has 0 saturated heterocycles. The topological polar surface area (TPSA) is 21.3 Å². The summed E-state index contributed by atoms with van der Waals surface area (Å²) >= 11 is 3.33. The molecule has 1 saturated carbocycles. The SMILES string of the molecule is CNCC1CC1COCc1cc(Br)ccc1F. The summed E-state index contributed by atoms with van der Waals surface area (Å²) in [6.07, 6.45) is 1.22. The van der Waals surface area contributed by atoms with Gasteiger partial charge in [-0.15, -0.1) is 0 Å². The first-order valence-corrected chi connectivity index (χ1v) is 6.66. The molecule has 0 spiro atoms. The van der Waals surface area contributed by atoms with E-state index in [2.05, 4.69) is 21.2 Å². The second-order valence-corrected chi connectivity index (χ2v) is 5.48. The lowest BCUT2D eigenvalue weighted by Gasteiger charge is -2.06. The second kappa shape index (κ2) is 5.94. The van der Waals surface area contributed by atoms with E-state index < -0.39 is 0 Å². The fourth-order valence-electron chi connectivity index (χ4n) is 2.00. The van der Waals surface area contributed by atoms with E-state index in [0.717, 1.165) is 23.5 Å². The number of ether oxygens (including phenoxy) is 1. The Hall–Kier alpha value is -0.450. The summed E-state index contributed by atoms with van der Waals surface area (Å²) < 4.78 is 19.8. The highest BCUT2D eigenvalue weighted by Crippen LogP contribution is 2.38. The maximum atomic E-state index is 13.4. The van der Waals surface area contributed by atoms with Gasteiger partial charge in [-0.1, -0.05) is 15.9 Å². The smallest absolute Gasteiger partial charge is 0.128 e. The molecule has 94 valence electrons. The van der Waals surface area contributed by atoms with Gasteiger partial charge >= 0.3 is 0 Å². The van der Waals surface area contributed by atoms with E-state index in [0.29, 0.717) is 18.1 Å². The highest BCUT2D eigenvalue weighted by molar-refractivity contribution is 9.10. The molecule has 1 aliphatic carbocycles. The second-order valence-electron chi connectivity index (χ2n) is 4.56. The summed E-state index contributed by atoms with van der Waals surface area (Å²) in [5.41, 5.74) is 0.616. The number of benzene rings is 1. The summed E-state index contributed by atoms with van der Waals surface area (Å²) in [5.74, 6) is 1.20. The molecule has 0 bridgehead atoms. The first-order valence-electron chi connectivity index (χ1n) is 5.87. The van der Waals surface area contributed by atoms with Crippen LogP contribution in [0.3, 0.4) is 0 Å².